The maximum absolute atomic E-state index is 12.5. The number of anilines is 1. The highest BCUT2D eigenvalue weighted by Gasteiger charge is 2.33. The van der Waals surface area contributed by atoms with E-state index in [0.29, 0.717) is 4.47 Å². The van der Waals surface area contributed by atoms with Crippen LogP contribution in [0.1, 0.15) is 5.56 Å². The van der Waals surface area contributed by atoms with Gasteiger partial charge in [0.2, 0.25) is 5.91 Å². The molecule has 16 heavy (non-hydrogen) atoms. The minimum absolute atomic E-state index is 0.299. The summed E-state index contributed by atoms with van der Waals surface area (Å²) in [7, 11) is 0. The molecule has 0 atom stereocenters. The zero-order chi connectivity index (χ0) is 12.3. The molecule has 0 bridgehead atoms. The SMILES string of the molecule is C=CC(=O)Nc1cc(Br)ccc1C(F)(F)F. The quantitative estimate of drug-likeness (QED) is 0.830. The Morgan fingerprint density at radius 1 is 1.44 bits per heavy atom. The molecule has 1 aromatic rings. The normalized spacial score (nSPS) is 11.0. The Balaban J connectivity index is 3.18. The van der Waals surface area contributed by atoms with E-state index in [1.807, 2.05) is 0 Å². The fourth-order valence-corrected chi connectivity index (χ4v) is 1.41. The number of amides is 1. The molecule has 1 amide bonds. The highest BCUT2D eigenvalue weighted by molar-refractivity contribution is 9.10. The molecule has 86 valence electrons. The maximum atomic E-state index is 12.5. The molecule has 0 aliphatic heterocycles. The van der Waals surface area contributed by atoms with Crippen LogP contribution < -0.4 is 5.32 Å². The first-order valence-corrected chi connectivity index (χ1v) is 4.94. The Morgan fingerprint density at radius 2 is 2.06 bits per heavy atom. The van der Waals surface area contributed by atoms with Gasteiger partial charge >= 0.3 is 6.18 Å². The first-order valence-electron chi connectivity index (χ1n) is 4.15. The van der Waals surface area contributed by atoms with Crippen LogP contribution in [0.4, 0.5) is 18.9 Å². The van der Waals surface area contributed by atoms with Gasteiger partial charge in [0.1, 0.15) is 0 Å². The van der Waals surface area contributed by atoms with Crippen molar-refractivity contribution >= 4 is 27.5 Å². The van der Waals surface area contributed by atoms with Crippen molar-refractivity contribution in [2.24, 2.45) is 0 Å². The van der Waals surface area contributed by atoms with Gasteiger partial charge in [-0.05, 0) is 24.3 Å². The Kier molecular flexibility index (Phi) is 3.74. The molecule has 0 spiro atoms. The van der Waals surface area contributed by atoms with Crippen molar-refractivity contribution in [2.45, 2.75) is 6.18 Å². The number of carbonyl (C=O) groups is 1. The highest BCUT2D eigenvalue weighted by Crippen LogP contribution is 2.36. The van der Waals surface area contributed by atoms with E-state index < -0.39 is 17.6 Å². The average molecular weight is 294 g/mol. The van der Waals surface area contributed by atoms with Gasteiger partial charge in [0.05, 0.1) is 11.3 Å². The van der Waals surface area contributed by atoms with E-state index >= 15 is 0 Å². The summed E-state index contributed by atoms with van der Waals surface area (Å²) < 4.78 is 38.1. The van der Waals surface area contributed by atoms with E-state index in [2.05, 4.69) is 27.8 Å². The number of benzene rings is 1. The van der Waals surface area contributed by atoms with Gasteiger partial charge in [-0.2, -0.15) is 13.2 Å². The molecule has 1 rings (SSSR count). The first-order chi connectivity index (χ1) is 7.34. The standard InChI is InChI=1S/C10H7BrF3NO/c1-2-9(16)15-8-5-6(11)3-4-7(8)10(12,13)14/h2-5H,1H2,(H,15,16). The van der Waals surface area contributed by atoms with Crippen LogP contribution in [-0.2, 0) is 11.0 Å². The van der Waals surface area contributed by atoms with E-state index in [4.69, 9.17) is 0 Å². The number of carbonyl (C=O) groups excluding carboxylic acids is 1. The van der Waals surface area contributed by atoms with Crippen LogP contribution in [0, 0.1) is 0 Å². The summed E-state index contributed by atoms with van der Waals surface area (Å²) in [5.41, 5.74) is -1.20. The topological polar surface area (TPSA) is 29.1 Å². The van der Waals surface area contributed by atoms with Gasteiger partial charge < -0.3 is 5.32 Å². The molecular weight excluding hydrogens is 287 g/mol. The molecule has 2 nitrogen and oxygen atoms in total. The van der Waals surface area contributed by atoms with Gasteiger partial charge in [-0.3, -0.25) is 4.79 Å². The van der Waals surface area contributed by atoms with Gasteiger partial charge in [-0.25, -0.2) is 0 Å². The third-order valence-electron chi connectivity index (χ3n) is 1.73. The van der Waals surface area contributed by atoms with Crippen LogP contribution in [-0.4, -0.2) is 5.91 Å². The number of hydrogen-bond acceptors (Lipinski definition) is 1. The first kappa shape index (κ1) is 12.8. The number of halogens is 4. The summed E-state index contributed by atoms with van der Waals surface area (Å²) in [6.45, 7) is 3.17. The molecule has 6 heteroatoms. The molecule has 0 saturated heterocycles. The molecule has 0 heterocycles. The lowest BCUT2D eigenvalue weighted by molar-refractivity contribution is -0.137. The van der Waals surface area contributed by atoms with Crippen molar-refractivity contribution < 1.29 is 18.0 Å². The second-order valence-corrected chi connectivity index (χ2v) is 3.80. The molecule has 0 saturated carbocycles. The van der Waals surface area contributed by atoms with Crippen LogP contribution in [0.5, 0.6) is 0 Å². The Bertz CT molecular complexity index is 429. The average Bonchev–Trinajstić information content (AvgIpc) is 2.15. The van der Waals surface area contributed by atoms with E-state index in [9.17, 15) is 18.0 Å². The predicted octanol–water partition coefficient (Wildman–Crippen LogP) is 3.59. The molecule has 0 fully saturated rings. The van der Waals surface area contributed by atoms with Crippen LogP contribution >= 0.6 is 15.9 Å². The lowest BCUT2D eigenvalue weighted by atomic mass is 10.1. The highest BCUT2D eigenvalue weighted by atomic mass is 79.9. The van der Waals surface area contributed by atoms with Crippen LogP contribution in [0.2, 0.25) is 0 Å². The van der Waals surface area contributed by atoms with Crippen LogP contribution in [0.3, 0.4) is 0 Å². The van der Waals surface area contributed by atoms with E-state index in [1.165, 1.54) is 12.1 Å². The zero-order valence-electron chi connectivity index (χ0n) is 7.94. The number of nitrogens with one attached hydrogen (secondary N) is 1. The molecule has 1 aromatic carbocycles. The third-order valence-corrected chi connectivity index (χ3v) is 2.22. The second-order valence-electron chi connectivity index (χ2n) is 2.88. The van der Waals surface area contributed by atoms with Crippen molar-refractivity contribution in [3.05, 3.63) is 40.9 Å². The Morgan fingerprint density at radius 3 is 2.56 bits per heavy atom. The summed E-state index contributed by atoms with van der Waals surface area (Å²) in [5.74, 6) is -0.691. The molecule has 0 aliphatic carbocycles. The van der Waals surface area contributed by atoms with Crippen molar-refractivity contribution in [1.29, 1.82) is 0 Å². The molecule has 0 aromatic heterocycles. The van der Waals surface area contributed by atoms with Crippen LogP contribution in [0.25, 0.3) is 0 Å². The monoisotopic (exact) mass is 293 g/mol. The lowest BCUT2D eigenvalue weighted by Crippen LogP contribution is -2.14. The van der Waals surface area contributed by atoms with Crippen molar-refractivity contribution in [3.63, 3.8) is 0 Å². The Hall–Kier alpha value is -1.30. The molecule has 1 N–H and O–H groups in total. The summed E-state index contributed by atoms with van der Waals surface area (Å²) in [6, 6.07) is 3.33. The Labute approximate surface area is 98.3 Å². The summed E-state index contributed by atoms with van der Waals surface area (Å²) in [5, 5.41) is 2.10. The summed E-state index contributed by atoms with van der Waals surface area (Å²) in [6.07, 6.45) is -3.61. The van der Waals surface area contributed by atoms with E-state index in [-0.39, 0.29) is 5.69 Å². The second kappa shape index (κ2) is 4.69. The summed E-state index contributed by atoms with van der Waals surface area (Å²) in [4.78, 5) is 11.0. The lowest BCUT2D eigenvalue weighted by Gasteiger charge is -2.13. The van der Waals surface area contributed by atoms with Gasteiger partial charge in [-0.1, -0.05) is 22.5 Å². The number of rotatable bonds is 2. The van der Waals surface area contributed by atoms with Gasteiger partial charge in [0, 0.05) is 4.47 Å². The fourth-order valence-electron chi connectivity index (χ4n) is 1.05. The fraction of sp³-hybridized carbons (Fsp3) is 0.100. The molecular formula is C10H7BrF3NO. The number of alkyl halides is 3. The van der Waals surface area contributed by atoms with Gasteiger partial charge in [0.25, 0.3) is 0 Å². The smallest absolute Gasteiger partial charge is 0.322 e. The minimum atomic E-state index is -4.51. The maximum Gasteiger partial charge on any atom is 0.418 e. The molecule has 0 unspecified atom stereocenters. The van der Waals surface area contributed by atoms with Gasteiger partial charge in [0.15, 0.2) is 0 Å². The van der Waals surface area contributed by atoms with E-state index in [0.717, 1.165) is 12.1 Å². The molecule has 0 aliphatic rings. The van der Waals surface area contributed by atoms with Crippen molar-refractivity contribution in [3.8, 4) is 0 Å². The van der Waals surface area contributed by atoms with Crippen molar-refractivity contribution in [1.82, 2.24) is 0 Å². The van der Waals surface area contributed by atoms with Crippen LogP contribution in [0.15, 0.2) is 35.3 Å². The van der Waals surface area contributed by atoms with Gasteiger partial charge in [-0.15, -0.1) is 0 Å². The predicted molar refractivity (Wildman–Crippen MR) is 58.0 cm³/mol. The third kappa shape index (κ3) is 3.10. The summed E-state index contributed by atoms with van der Waals surface area (Å²) >= 11 is 3.03. The van der Waals surface area contributed by atoms with E-state index in [1.54, 1.807) is 0 Å². The zero-order valence-corrected chi connectivity index (χ0v) is 9.52. The largest absolute Gasteiger partial charge is 0.418 e. The minimum Gasteiger partial charge on any atom is -0.322 e. The number of hydrogen-bond donors (Lipinski definition) is 1. The van der Waals surface area contributed by atoms with Crippen molar-refractivity contribution in [2.75, 3.05) is 5.32 Å². The molecule has 0 radical (unpaired) electrons.